The van der Waals surface area contributed by atoms with Crippen LogP contribution in [0.4, 0.5) is 0 Å². The second-order valence-corrected chi connectivity index (χ2v) is 5.60. The quantitative estimate of drug-likeness (QED) is 0.793. The maximum Gasteiger partial charge on any atom is 0.167 e. The molecule has 0 unspecified atom stereocenters. The van der Waals surface area contributed by atoms with Crippen molar-refractivity contribution in [1.29, 1.82) is 10.5 Å². The Morgan fingerprint density at radius 2 is 1.48 bits per heavy atom. The Labute approximate surface area is 148 Å². The number of nitrogens with zero attached hydrogens (tertiary/aromatic N) is 2. The number of aliphatic hydroxyl groups excluding tert-OH is 1. The molecule has 0 bridgehead atoms. The number of ether oxygens (including phenoxy) is 1. The first-order chi connectivity index (χ1) is 11.0. The smallest absolute Gasteiger partial charge is 0.167 e. The number of hydrogen-bond acceptors (Lipinski definition) is 4. The third-order valence-electron chi connectivity index (χ3n) is 3.05. The van der Waals surface area contributed by atoms with E-state index < -0.39 is 0 Å². The fourth-order valence-corrected chi connectivity index (χ4v) is 2.68. The van der Waals surface area contributed by atoms with Gasteiger partial charge in [-0.05, 0) is 24.1 Å². The maximum absolute atomic E-state index is 9.17. The fourth-order valence-electron chi connectivity index (χ4n) is 1.91. The molecule has 2 rings (SSSR count). The van der Waals surface area contributed by atoms with E-state index in [9.17, 15) is 0 Å². The summed E-state index contributed by atoms with van der Waals surface area (Å²) in [6.45, 7) is 0.0502. The summed E-state index contributed by atoms with van der Waals surface area (Å²) >= 11 is 18.2. The zero-order valence-corrected chi connectivity index (χ0v) is 13.9. The Morgan fingerprint density at radius 1 is 0.913 bits per heavy atom. The Balaban J connectivity index is 2.46. The molecule has 0 heterocycles. The number of aliphatic hydroxyl groups is 1. The van der Waals surface area contributed by atoms with Crippen LogP contribution in [0.5, 0.6) is 11.5 Å². The number of rotatable bonds is 4. The first-order valence-corrected chi connectivity index (χ1v) is 7.55. The molecule has 0 aliphatic carbocycles. The van der Waals surface area contributed by atoms with E-state index in [1.54, 1.807) is 30.3 Å². The largest absolute Gasteiger partial charge is 0.454 e. The first kappa shape index (κ1) is 17.4. The van der Waals surface area contributed by atoms with Gasteiger partial charge in [-0.3, -0.25) is 0 Å². The standard InChI is InChI=1S/C16H9Cl3N2O2/c17-13-11(7-20)12(8-21)14(18)16(15(13)19)23-10-3-1-9(2-4-10)5-6-22/h1-4,22H,5-6H2. The minimum atomic E-state index is -0.0881. The highest BCUT2D eigenvalue weighted by atomic mass is 35.5. The second-order valence-electron chi connectivity index (χ2n) is 4.46. The van der Waals surface area contributed by atoms with Gasteiger partial charge < -0.3 is 9.84 Å². The summed E-state index contributed by atoms with van der Waals surface area (Å²) in [4.78, 5) is 0. The Morgan fingerprint density at radius 3 is 2.00 bits per heavy atom. The minimum Gasteiger partial charge on any atom is -0.454 e. The Hall–Kier alpha value is -1.95. The lowest BCUT2D eigenvalue weighted by Crippen LogP contribution is -1.95. The lowest BCUT2D eigenvalue weighted by molar-refractivity contribution is 0.299. The van der Waals surface area contributed by atoms with E-state index in [2.05, 4.69) is 0 Å². The van der Waals surface area contributed by atoms with Crippen molar-refractivity contribution in [3.8, 4) is 23.6 Å². The van der Waals surface area contributed by atoms with Crippen molar-refractivity contribution in [2.24, 2.45) is 0 Å². The highest BCUT2D eigenvalue weighted by molar-refractivity contribution is 6.46. The molecule has 0 aromatic heterocycles. The van der Waals surface area contributed by atoms with Crippen LogP contribution >= 0.6 is 34.8 Å². The zero-order valence-electron chi connectivity index (χ0n) is 11.6. The molecular formula is C16H9Cl3N2O2. The summed E-state index contributed by atoms with van der Waals surface area (Å²) in [6, 6.07) is 10.6. The van der Waals surface area contributed by atoms with E-state index in [1.807, 2.05) is 6.07 Å². The summed E-state index contributed by atoms with van der Waals surface area (Å²) in [7, 11) is 0. The molecule has 7 heteroatoms. The van der Waals surface area contributed by atoms with Gasteiger partial charge >= 0.3 is 0 Å². The maximum atomic E-state index is 9.17. The minimum absolute atomic E-state index is 0.0174. The summed E-state index contributed by atoms with van der Waals surface area (Å²) < 4.78 is 5.62. The molecule has 2 aromatic carbocycles. The van der Waals surface area contributed by atoms with Gasteiger partial charge in [0.15, 0.2) is 5.75 Å². The van der Waals surface area contributed by atoms with Crippen molar-refractivity contribution in [3.05, 3.63) is 56.0 Å². The molecule has 116 valence electrons. The topological polar surface area (TPSA) is 77.0 Å². The predicted molar refractivity (Wildman–Crippen MR) is 88.2 cm³/mol. The molecular weight excluding hydrogens is 359 g/mol. The molecule has 0 spiro atoms. The van der Waals surface area contributed by atoms with E-state index in [0.717, 1.165) is 5.56 Å². The molecule has 23 heavy (non-hydrogen) atoms. The van der Waals surface area contributed by atoms with Crippen LogP contribution in [-0.4, -0.2) is 11.7 Å². The highest BCUT2D eigenvalue weighted by Crippen LogP contribution is 2.45. The van der Waals surface area contributed by atoms with Crippen LogP contribution in [0, 0.1) is 22.7 Å². The summed E-state index contributed by atoms with van der Waals surface area (Å²) in [5.41, 5.74) is 0.762. The molecule has 1 N–H and O–H groups in total. The van der Waals surface area contributed by atoms with Crippen molar-refractivity contribution in [1.82, 2.24) is 0 Å². The number of nitriles is 2. The summed E-state index contributed by atoms with van der Waals surface area (Å²) in [5.74, 6) is 0.448. The molecule has 0 saturated heterocycles. The SMILES string of the molecule is N#Cc1c(Cl)c(Cl)c(Oc2ccc(CCO)cc2)c(Cl)c1C#N. The van der Waals surface area contributed by atoms with Crippen LogP contribution < -0.4 is 4.74 Å². The number of benzene rings is 2. The van der Waals surface area contributed by atoms with E-state index in [-0.39, 0.29) is 38.6 Å². The lowest BCUT2D eigenvalue weighted by Gasteiger charge is -2.13. The molecule has 0 aliphatic rings. The van der Waals surface area contributed by atoms with Gasteiger partial charge in [0.25, 0.3) is 0 Å². The van der Waals surface area contributed by atoms with Crippen LogP contribution in [-0.2, 0) is 6.42 Å². The number of hydrogen-bond donors (Lipinski definition) is 1. The zero-order chi connectivity index (χ0) is 17.0. The van der Waals surface area contributed by atoms with Gasteiger partial charge in [-0.2, -0.15) is 10.5 Å². The average Bonchev–Trinajstić information content (AvgIpc) is 2.56. The third kappa shape index (κ3) is 3.52. The van der Waals surface area contributed by atoms with Gasteiger partial charge in [0, 0.05) is 6.61 Å². The fraction of sp³-hybridized carbons (Fsp3) is 0.125. The first-order valence-electron chi connectivity index (χ1n) is 6.41. The summed E-state index contributed by atoms with van der Waals surface area (Å²) in [5, 5.41) is 27.0. The monoisotopic (exact) mass is 366 g/mol. The number of halogens is 3. The van der Waals surface area contributed by atoms with E-state index in [4.69, 9.17) is 55.2 Å². The van der Waals surface area contributed by atoms with Crippen LogP contribution in [0.15, 0.2) is 24.3 Å². The van der Waals surface area contributed by atoms with E-state index in [1.165, 1.54) is 0 Å². The van der Waals surface area contributed by atoms with Crippen molar-refractivity contribution < 1.29 is 9.84 Å². The van der Waals surface area contributed by atoms with Gasteiger partial charge in [0.2, 0.25) is 0 Å². The van der Waals surface area contributed by atoms with Crippen LogP contribution in [0.2, 0.25) is 15.1 Å². The molecule has 0 aliphatic heterocycles. The van der Waals surface area contributed by atoms with Crippen molar-refractivity contribution in [3.63, 3.8) is 0 Å². The van der Waals surface area contributed by atoms with Crippen molar-refractivity contribution in [2.75, 3.05) is 6.61 Å². The predicted octanol–water partition coefficient (Wildman–Crippen LogP) is 4.72. The van der Waals surface area contributed by atoms with E-state index >= 15 is 0 Å². The second kappa shape index (κ2) is 7.55. The Kier molecular flexibility index (Phi) is 5.71. The molecule has 0 amide bonds. The molecule has 0 radical (unpaired) electrons. The van der Waals surface area contributed by atoms with Crippen LogP contribution in [0.3, 0.4) is 0 Å². The van der Waals surface area contributed by atoms with Gasteiger partial charge in [-0.25, -0.2) is 0 Å². The average molecular weight is 368 g/mol. The van der Waals surface area contributed by atoms with Crippen molar-refractivity contribution >= 4 is 34.8 Å². The van der Waals surface area contributed by atoms with Crippen molar-refractivity contribution in [2.45, 2.75) is 6.42 Å². The van der Waals surface area contributed by atoms with Gasteiger partial charge in [0.05, 0.1) is 16.1 Å². The molecule has 4 nitrogen and oxygen atoms in total. The molecule has 0 saturated carbocycles. The summed E-state index contributed by atoms with van der Waals surface area (Å²) in [6.07, 6.45) is 0.531. The van der Waals surface area contributed by atoms with Crippen LogP contribution in [0.25, 0.3) is 0 Å². The molecule has 0 atom stereocenters. The van der Waals surface area contributed by atoms with Gasteiger partial charge in [-0.1, -0.05) is 46.9 Å². The highest BCUT2D eigenvalue weighted by Gasteiger charge is 2.23. The normalized spacial score (nSPS) is 10.0. The van der Waals surface area contributed by atoms with Crippen LogP contribution in [0.1, 0.15) is 16.7 Å². The third-order valence-corrected chi connectivity index (χ3v) is 4.24. The van der Waals surface area contributed by atoms with Gasteiger partial charge in [0.1, 0.15) is 27.9 Å². The van der Waals surface area contributed by atoms with Gasteiger partial charge in [-0.15, -0.1) is 0 Å². The Bertz CT molecular complexity index is 821. The molecule has 0 fully saturated rings. The lowest BCUT2D eigenvalue weighted by atomic mass is 10.1. The molecule has 2 aromatic rings. The van der Waals surface area contributed by atoms with E-state index in [0.29, 0.717) is 12.2 Å².